The lowest BCUT2D eigenvalue weighted by atomic mass is 10.0. The van der Waals surface area contributed by atoms with Gasteiger partial charge in [-0.25, -0.2) is 0 Å². The SMILES string of the molecule is CC(CN=C(N)NC1CCOc2ccccc21)CN1CCCCC1.I. The van der Waals surface area contributed by atoms with Gasteiger partial charge in [0, 0.05) is 25.1 Å². The molecule has 25 heavy (non-hydrogen) atoms. The van der Waals surface area contributed by atoms with E-state index in [1.54, 1.807) is 0 Å². The van der Waals surface area contributed by atoms with Crippen LogP contribution in [0.15, 0.2) is 29.3 Å². The molecule has 1 saturated heterocycles. The molecule has 1 fully saturated rings. The van der Waals surface area contributed by atoms with Crippen molar-refractivity contribution in [3.8, 4) is 5.75 Å². The number of hydrogen-bond donors (Lipinski definition) is 2. The Morgan fingerprint density at radius 2 is 2.08 bits per heavy atom. The van der Waals surface area contributed by atoms with E-state index in [-0.39, 0.29) is 30.0 Å². The van der Waals surface area contributed by atoms with Crippen LogP contribution in [0.1, 0.15) is 44.2 Å². The molecule has 2 aliphatic rings. The van der Waals surface area contributed by atoms with Crippen molar-refractivity contribution >= 4 is 29.9 Å². The number of hydrogen-bond acceptors (Lipinski definition) is 3. The fraction of sp³-hybridized carbons (Fsp3) is 0.632. The summed E-state index contributed by atoms with van der Waals surface area (Å²) in [4.78, 5) is 7.13. The Morgan fingerprint density at radius 3 is 2.88 bits per heavy atom. The Balaban J connectivity index is 0.00000225. The number of guanidine groups is 1. The molecular weight excluding hydrogens is 427 g/mol. The van der Waals surface area contributed by atoms with Crippen molar-refractivity contribution in [3.63, 3.8) is 0 Å². The molecule has 0 radical (unpaired) electrons. The second-order valence-electron chi connectivity index (χ2n) is 7.06. The first-order valence-electron chi connectivity index (χ1n) is 9.23. The zero-order valence-corrected chi connectivity index (χ0v) is 17.4. The topological polar surface area (TPSA) is 62.9 Å². The Kier molecular flexibility index (Phi) is 8.29. The van der Waals surface area contributed by atoms with Gasteiger partial charge in [-0.2, -0.15) is 0 Å². The highest BCUT2D eigenvalue weighted by molar-refractivity contribution is 14.0. The van der Waals surface area contributed by atoms with Crippen molar-refractivity contribution in [2.75, 3.05) is 32.8 Å². The molecule has 0 spiro atoms. The molecule has 6 heteroatoms. The molecule has 140 valence electrons. The molecule has 3 rings (SSSR count). The lowest BCUT2D eigenvalue weighted by molar-refractivity contribution is 0.203. The number of aliphatic imine (C=N–C) groups is 1. The Hall–Kier alpha value is -1.02. The van der Waals surface area contributed by atoms with E-state index in [1.807, 2.05) is 18.2 Å². The van der Waals surface area contributed by atoms with Crippen molar-refractivity contribution in [2.45, 2.75) is 38.6 Å². The average molecular weight is 458 g/mol. The van der Waals surface area contributed by atoms with Gasteiger partial charge in [0.1, 0.15) is 5.75 Å². The van der Waals surface area contributed by atoms with Gasteiger partial charge < -0.3 is 20.7 Å². The van der Waals surface area contributed by atoms with Gasteiger partial charge >= 0.3 is 0 Å². The van der Waals surface area contributed by atoms with E-state index in [1.165, 1.54) is 37.9 Å². The van der Waals surface area contributed by atoms with E-state index in [9.17, 15) is 0 Å². The van der Waals surface area contributed by atoms with Gasteiger partial charge in [-0.15, -0.1) is 24.0 Å². The summed E-state index contributed by atoms with van der Waals surface area (Å²) in [5.41, 5.74) is 7.30. The smallest absolute Gasteiger partial charge is 0.189 e. The van der Waals surface area contributed by atoms with Gasteiger partial charge in [-0.05, 0) is 37.9 Å². The molecule has 0 aliphatic carbocycles. The van der Waals surface area contributed by atoms with E-state index in [0.29, 0.717) is 18.5 Å². The minimum absolute atomic E-state index is 0. The summed E-state index contributed by atoms with van der Waals surface area (Å²) in [7, 11) is 0. The molecule has 2 atom stereocenters. The molecule has 1 aromatic rings. The predicted molar refractivity (Wildman–Crippen MR) is 114 cm³/mol. The highest BCUT2D eigenvalue weighted by Crippen LogP contribution is 2.31. The number of benzene rings is 1. The fourth-order valence-electron chi connectivity index (χ4n) is 3.61. The molecule has 2 aliphatic heterocycles. The molecule has 0 amide bonds. The van der Waals surface area contributed by atoms with Gasteiger partial charge in [0.25, 0.3) is 0 Å². The van der Waals surface area contributed by atoms with Gasteiger partial charge in [-0.3, -0.25) is 4.99 Å². The maximum atomic E-state index is 6.13. The second-order valence-corrected chi connectivity index (χ2v) is 7.06. The lowest BCUT2D eigenvalue weighted by Gasteiger charge is -2.29. The highest BCUT2D eigenvalue weighted by atomic mass is 127. The van der Waals surface area contributed by atoms with Crippen molar-refractivity contribution in [1.29, 1.82) is 0 Å². The minimum Gasteiger partial charge on any atom is -0.493 e. The summed E-state index contributed by atoms with van der Waals surface area (Å²) < 4.78 is 5.69. The zero-order chi connectivity index (χ0) is 16.8. The van der Waals surface area contributed by atoms with E-state index < -0.39 is 0 Å². The summed E-state index contributed by atoms with van der Waals surface area (Å²) in [6.07, 6.45) is 4.97. The molecule has 0 saturated carbocycles. The van der Waals surface area contributed by atoms with Crippen LogP contribution in [-0.4, -0.2) is 43.6 Å². The summed E-state index contributed by atoms with van der Waals surface area (Å²) in [5.74, 6) is 2.03. The van der Waals surface area contributed by atoms with Crippen LogP contribution in [0.5, 0.6) is 5.75 Å². The van der Waals surface area contributed by atoms with Crippen LogP contribution in [0.3, 0.4) is 0 Å². The van der Waals surface area contributed by atoms with E-state index >= 15 is 0 Å². The summed E-state index contributed by atoms with van der Waals surface area (Å²) in [5, 5.41) is 3.37. The van der Waals surface area contributed by atoms with Crippen molar-refractivity contribution in [2.24, 2.45) is 16.6 Å². The Bertz CT molecular complexity index is 560. The van der Waals surface area contributed by atoms with Gasteiger partial charge in [0.15, 0.2) is 5.96 Å². The average Bonchev–Trinajstić information content (AvgIpc) is 2.61. The Morgan fingerprint density at radius 1 is 1.32 bits per heavy atom. The number of halogens is 1. The third-order valence-electron chi connectivity index (χ3n) is 4.87. The van der Waals surface area contributed by atoms with E-state index in [2.05, 4.69) is 28.2 Å². The predicted octanol–water partition coefficient (Wildman–Crippen LogP) is 3.15. The van der Waals surface area contributed by atoms with E-state index in [4.69, 9.17) is 10.5 Å². The number of likely N-dealkylation sites (tertiary alicyclic amines) is 1. The number of ether oxygens (including phenoxy) is 1. The van der Waals surface area contributed by atoms with Crippen molar-refractivity contribution in [3.05, 3.63) is 29.8 Å². The number of para-hydroxylation sites is 1. The molecule has 0 bridgehead atoms. The Labute approximate surface area is 168 Å². The summed E-state index contributed by atoms with van der Waals surface area (Å²) in [6, 6.07) is 8.34. The highest BCUT2D eigenvalue weighted by Gasteiger charge is 2.21. The van der Waals surface area contributed by atoms with Crippen LogP contribution in [-0.2, 0) is 0 Å². The number of fused-ring (bicyclic) bond motifs is 1. The third-order valence-corrected chi connectivity index (χ3v) is 4.87. The molecule has 5 nitrogen and oxygen atoms in total. The molecule has 2 unspecified atom stereocenters. The second kappa shape index (κ2) is 10.2. The van der Waals surface area contributed by atoms with Crippen LogP contribution in [0.25, 0.3) is 0 Å². The molecule has 2 heterocycles. The number of nitrogens with two attached hydrogens (primary N) is 1. The monoisotopic (exact) mass is 458 g/mol. The quantitative estimate of drug-likeness (QED) is 0.404. The standard InChI is InChI=1S/C19H30N4O.HI/c1-15(14-23-10-5-2-6-11-23)13-21-19(20)22-17-9-12-24-18-8-4-3-7-16(17)18;/h3-4,7-8,15,17H,2,5-6,9-14H2,1H3,(H3,20,21,22);1H. The van der Waals surface area contributed by atoms with Crippen molar-refractivity contribution in [1.82, 2.24) is 10.2 Å². The summed E-state index contributed by atoms with van der Waals surface area (Å²) in [6.45, 7) is 7.35. The van der Waals surface area contributed by atoms with Crippen LogP contribution >= 0.6 is 24.0 Å². The minimum atomic E-state index is 0. The number of rotatable bonds is 5. The molecular formula is C19H31IN4O. The normalized spacial score (nSPS) is 22.3. The molecule has 1 aromatic carbocycles. The largest absolute Gasteiger partial charge is 0.493 e. The molecule has 0 aromatic heterocycles. The number of piperidine rings is 1. The summed E-state index contributed by atoms with van der Waals surface area (Å²) >= 11 is 0. The number of nitrogens with one attached hydrogen (secondary N) is 1. The number of nitrogens with zero attached hydrogens (tertiary/aromatic N) is 2. The van der Waals surface area contributed by atoms with Crippen LogP contribution < -0.4 is 15.8 Å². The third kappa shape index (κ3) is 6.02. The maximum absolute atomic E-state index is 6.13. The zero-order valence-electron chi connectivity index (χ0n) is 15.1. The first-order chi connectivity index (χ1) is 11.7. The first-order valence-corrected chi connectivity index (χ1v) is 9.23. The van der Waals surface area contributed by atoms with Crippen LogP contribution in [0, 0.1) is 5.92 Å². The maximum Gasteiger partial charge on any atom is 0.189 e. The fourth-order valence-corrected chi connectivity index (χ4v) is 3.61. The van der Waals surface area contributed by atoms with Gasteiger partial charge in [0.05, 0.1) is 12.6 Å². The lowest BCUT2D eigenvalue weighted by Crippen LogP contribution is -2.38. The first kappa shape index (κ1) is 20.3. The molecule has 3 N–H and O–H groups in total. The van der Waals surface area contributed by atoms with Crippen LogP contribution in [0.2, 0.25) is 0 Å². The van der Waals surface area contributed by atoms with Crippen LogP contribution in [0.4, 0.5) is 0 Å². The van der Waals surface area contributed by atoms with E-state index in [0.717, 1.165) is 25.3 Å². The van der Waals surface area contributed by atoms with Gasteiger partial charge in [-0.1, -0.05) is 31.5 Å². The van der Waals surface area contributed by atoms with Gasteiger partial charge in [0.2, 0.25) is 0 Å². The van der Waals surface area contributed by atoms with Crippen molar-refractivity contribution < 1.29 is 4.74 Å².